The minimum Gasteiger partial charge on any atom is -0.481 e. The van der Waals surface area contributed by atoms with Crippen LogP contribution >= 0.6 is 0 Å². The number of carbonyl (C=O) groups excluding carboxylic acids is 2. The molecule has 0 saturated heterocycles. The van der Waals surface area contributed by atoms with Crippen molar-refractivity contribution in [2.45, 2.75) is 64.5 Å². The normalized spacial score (nSPS) is 15.9. The molecule has 0 radical (unpaired) electrons. The predicted octanol–water partition coefficient (Wildman–Crippen LogP) is 6.08. The van der Waals surface area contributed by atoms with Crippen LogP contribution in [0.2, 0.25) is 0 Å². The second-order valence-electron chi connectivity index (χ2n) is 10.6. The molecule has 3 aromatic rings. The smallest absolute Gasteiger partial charge is 0.303 e. The van der Waals surface area contributed by atoms with Crippen molar-refractivity contribution in [1.29, 1.82) is 0 Å². The van der Waals surface area contributed by atoms with Gasteiger partial charge in [0.05, 0.1) is 5.92 Å². The third kappa shape index (κ3) is 5.49. The van der Waals surface area contributed by atoms with Gasteiger partial charge in [0.2, 0.25) is 5.91 Å². The highest BCUT2D eigenvalue weighted by Gasteiger charge is 2.33. The van der Waals surface area contributed by atoms with E-state index in [9.17, 15) is 14.4 Å². The largest absolute Gasteiger partial charge is 0.481 e. The van der Waals surface area contributed by atoms with Crippen LogP contribution in [0.1, 0.15) is 76.2 Å². The lowest BCUT2D eigenvalue weighted by molar-refractivity contribution is -0.137. The molecule has 2 aliphatic rings. The molecular formula is C32H34N2O4. The first-order chi connectivity index (χ1) is 18.4. The summed E-state index contributed by atoms with van der Waals surface area (Å²) in [5, 5.41) is 12.2. The molecule has 2 amide bonds. The van der Waals surface area contributed by atoms with E-state index in [1.807, 2.05) is 78.6 Å². The molecule has 1 aliphatic carbocycles. The number of nitrogens with zero attached hydrogens (tertiary/aromatic N) is 1. The standard InChI is InChI=1S/C32H34N2O4/c1-21-23(17-18-29(35)36)10-6-12-28(21)33-31(37)30(24-7-2-3-8-24)25-15-13-22(14-16-25)19-34-20-26-9-4-5-11-27(26)32(34)38/h4-6,9-16,24,30H,2-3,7-8,17-20H2,1H3,(H,33,37)(H,35,36). The number of carboxylic acids is 1. The quantitative estimate of drug-likeness (QED) is 0.365. The van der Waals surface area contributed by atoms with E-state index in [1.165, 1.54) is 0 Å². The fourth-order valence-electron chi connectivity index (χ4n) is 5.96. The molecule has 1 heterocycles. The van der Waals surface area contributed by atoms with E-state index in [4.69, 9.17) is 5.11 Å². The Bertz CT molecular complexity index is 1340. The Morgan fingerprint density at radius 2 is 1.74 bits per heavy atom. The van der Waals surface area contributed by atoms with Crippen LogP contribution in [0.4, 0.5) is 5.69 Å². The molecule has 5 rings (SSSR count). The van der Waals surface area contributed by atoms with E-state index in [1.54, 1.807) is 0 Å². The summed E-state index contributed by atoms with van der Waals surface area (Å²) >= 11 is 0. The van der Waals surface area contributed by atoms with Crippen LogP contribution in [0.25, 0.3) is 0 Å². The summed E-state index contributed by atoms with van der Waals surface area (Å²) in [7, 11) is 0. The van der Waals surface area contributed by atoms with Gasteiger partial charge in [-0.1, -0.05) is 67.4 Å². The molecule has 1 fully saturated rings. The van der Waals surface area contributed by atoms with Gasteiger partial charge >= 0.3 is 5.97 Å². The number of hydrogen-bond acceptors (Lipinski definition) is 3. The first-order valence-corrected chi connectivity index (χ1v) is 13.5. The number of amides is 2. The number of aliphatic carboxylic acids is 1. The molecule has 196 valence electrons. The maximum atomic E-state index is 13.7. The summed E-state index contributed by atoms with van der Waals surface area (Å²) in [6, 6.07) is 21.6. The Morgan fingerprint density at radius 1 is 1.00 bits per heavy atom. The monoisotopic (exact) mass is 510 g/mol. The maximum Gasteiger partial charge on any atom is 0.303 e. The molecule has 2 N–H and O–H groups in total. The van der Waals surface area contributed by atoms with Crippen molar-refractivity contribution in [3.8, 4) is 0 Å². The molecule has 0 aromatic heterocycles. The molecule has 38 heavy (non-hydrogen) atoms. The number of carbonyl (C=O) groups is 3. The molecule has 3 aromatic carbocycles. The summed E-state index contributed by atoms with van der Waals surface area (Å²) in [5.41, 5.74) is 6.48. The number of hydrogen-bond donors (Lipinski definition) is 2. The van der Waals surface area contributed by atoms with Crippen LogP contribution in [0.5, 0.6) is 0 Å². The molecule has 1 saturated carbocycles. The fraction of sp³-hybridized carbons (Fsp3) is 0.344. The van der Waals surface area contributed by atoms with Gasteiger partial charge in [0.25, 0.3) is 5.91 Å². The van der Waals surface area contributed by atoms with Gasteiger partial charge in [-0.3, -0.25) is 14.4 Å². The molecule has 1 aliphatic heterocycles. The predicted molar refractivity (Wildman–Crippen MR) is 147 cm³/mol. The SMILES string of the molecule is Cc1c(CCC(=O)O)cccc1NC(=O)C(c1ccc(CN2Cc3ccccc3C2=O)cc1)C1CCCC1. The first kappa shape index (κ1) is 25.7. The maximum absolute atomic E-state index is 13.7. The molecule has 1 unspecified atom stereocenters. The zero-order valence-electron chi connectivity index (χ0n) is 21.8. The highest BCUT2D eigenvalue weighted by molar-refractivity contribution is 5.98. The van der Waals surface area contributed by atoms with Crippen molar-refractivity contribution in [1.82, 2.24) is 4.90 Å². The van der Waals surface area contributed by atoms with Crippen LogP contribution < -0.4 is 5.32 Å². The zero-order chi connectivity index (χ0) is 26.6. The Hall–Kier alpha value is -3.93. The van der Waals surface area contributed by atoms with Gasteiger partial charge < -0.3 is 15.3 Å². The molecule has 0 bridgehead atoms. The van der Waals surface area contributed by atoms with Crippen LogP contribution in [-0.2, 0) is 29.1 Å². The van der Waals surface area contributed by atoms with Gasteiger partial charge in [0.1, 0.15) is 0 Å². The van der Waals surface area contributed by atoms with Gasteiger partial charge in [-0.25, -0.2) is 0 Å². The van der Waals surface area contributed by atoms with Gasteiger partial charge in [-0.2, -0.15) is 0 Å². The van der Waals surface area contributed by atoms with Gasteiger partial charge in [0, 0.05) is 30.8 Å². The van der Waals surface area contributed by atoms with Crippen LogP contribution in [0.15, 0.2) is 66.7 Å². The highest BCUT2D eigenvalue weighted by atomic mass is 16.4. The Labute approximate surface area is 223 Å². The number of nitrogens with one attached hydrogen (secondary N) is 1. The van der Waals surface area contributed by atoms with Crippen molar-refractivity contribution >= 4 is 23.5 Å². The third-order valence-corrected chi connectivity index (χ3v) is 8.07. The van der Waals surface area contributed by atoms with E-state index >= 15 is 0 Å². The lowest BCUT2D eigenvalue weighted by atomic mass is 9.83. The second-order valence-corrected chi connectivity index (χ2v) is 10.6. The second kappa shape index (κ2) is 11.2. The summed E-state index contributed by atoms with van der Waals surface area (Å²) in [4.78, 5) is 39.4. The molecule has 0 spiro atoms. The number of carboxylic acid groups (broad SMARTS) is 1. The Balaban J connectivity index is 1.32. The Kier molecular flexibility index (Phi) is 7.59. The van der Waals surface area contributed by atoms with Gasteiger partial charge in [-0.05, 0) is 72.1 Å². The van der Waals surface area contributed by atoms with Crippen LogP contribution in [-0.4, -0.2) is 27.8 Å². The minimum atomic E-state index is -0.831. The van der Waals surface area contributed by atoms with Crippen molar-refractivity contribution < 1.29 is 19.5 Å². The first-order valence-electron chi connectivity index (χ1n) is 13.5. The van der Waals surface area contributed by atoms with Gasteiger partial charge in [0.15, 0.2) is 0 Å². The molecule has 6 nitrogen and oxygen atoms in total. The number of aryl methyl sites for hydroxylation is 1. The van der Waals surface area contributed by atoms with E-state index < -0.39 is 5.97 Å². The topological polar surface area (TPSA) is 86.7 Å². The van der Waals surface area contributed by atoms with Crippen molar-refractivity contribution in [2.24, 2.45) is 5.92 Å². The van der Waals surface area contributed by atoms with Crippen molar-refractivity contribution in [2.75, 3.05) is 5.32 Å². The summed E-state index contributed by atoms with van der Waals surface area (Å²) in [6.07, 6.45) is 4.81. The highest BCUT2D eigenvalue weighted by Crippen LogP contribution is 2.38. The summed E-state index contributed by atoms with van der Waals surface area (Å²) in [6.45, 7) is 3.09. The number of benzene rings is 3. The number of rotatable bonds is 9. The zero-order valence-corrected chi connectivity index (χ0v) is 21.8. The van der Waals surface area contributed by atoms with Crippen molar-refractivity contribution in [3.05, 3.63) is 100 Å². The van der Waals surface area contributed by atoms with Crippen LogP contribution in [0, 0.1) is 12.8 Å². The van der Waals surface area contributed by atoms with E-state index in [0.29, 0.717) is 19.5 Å². The third-order valence-electron chi connectivity index (χ3n) is 8.07. The number of fused-ring (bicyclic) bond motifs is 1. The van der Waals surface area contributed by atoms with E-state index in [-0.39, 0.29) is 30.1 Å². The minimum absolute atomic E-state index is 0.0201. The van der Waals surface area contributed by atoms with E-state index in [0.717, 1.165) is 64.8 Å². The van der Waals surface area contributed by atoms with Crippen molar-refractivity contribution in [3.63, 3.8) is 0 Å². The van der Waals surface area contributed by atoms with Crippen LogP contribution in [0.3, 0.4) is 0 Å². The molecular weight excluding hydrogens is 476 g/mol. The average Bonchev–Trinajstić information content (AvgIpc) is 3.54. The lowest BCUT2D eigenvalue weighted by Crippen LogP contribution is -2.27. The average molecular weight is 511 g/mol. The Morgan fingerprint density at radius 3 is 2.45 bits per heavy atom. The summed E-state index contributed by atoms with van der Waals surface area (Å²) < 4.78 is 0. The number of anilines is 1. The summed E-state index contributed by atoms with van der Waals surface area (Å²) in [5.74, 6) is -0.762. The van der Waals surface area contributed by atoms with Gasteiger partial charge in [-0.15, -0.1) is 0 Å². The van der Waals surface area contributed by atoms with E-state index in [2.05, 4.69) is 5.32 Å². The lowest BCUT2D eigenvalue weighted by Gasteiger charge is -2.24. The fourth-order valence-corrected chi connectivity index (χ4v) is 5.96. The molecule has 1 atom stereocenters. The molecule has 6 heteroatoms.